The van der Waals surface area contributed by atoms with Gasteiger partial charge in [-0.2, -0.15) is 0 Å². The molecule has 0 amide bonds. The molecule has 5 heteroatoms. The Labute approximate surface area is 139 Å². The number of nitrogens with zero attached hydrogens (tertiary/aromatic N) is 2. The van der Waals surface area contributed by atoms with E-state index in [4.69, 9.17) is 5.11 Å². The van der Waals surface area contributed by atoms with Crippen LogP contribution in [0.2, 0.25) is 0 Å². The lowest BCUT2D eigenvalue weighted by atomic mass is 10.1. The quantitative estimate of drug-likeness (QED) is 0.903. The van der Waals surface area contributed by atoms with E-state index in [1.165, 1.54) is 5.56 Å². The molecule has 1 N–H and O–H groups in total. The third kappa shape index (κ3) is 5.27. The molecule has 1 aromatic rings. The summed E-state index contributed by atoms with van der Waals surface area (Å²) in [5.74, 6) is -0.740. The lowest BCUT2D eigenvalue weighted by Gasteiger charge is -2.29. The average Bonchev–Trinajstić information content (AvgIpc) is 2.72. The second-order valence-electron chi connectivity index (χ2n) is 6.02. The van der Waals surface area contributed by atoms with Crippen LogP contribution < -0.4 is 0 Å². The molecule has 1 aromatic carbocycles. The Morgan fingerprint density at radius 1 is 1.32 bits per heavy atom. The van der Waals surface area contributed by atoms with Gasteiger partial charge in [-0.1, -0.05) is 30.3 Å². The zero-order valence-corrected chi connectivity index (χ0v) is 14.3. The Morgan fingerprint density at radius 2 is 2.00 bits per heavy atom. The van der Waals surface area contributed by atoms with Crippen LogP contribution in [0.4, 0.5) is 0 Å². The largest absolute Gasteiger partial charge is 0.480 e. The van der Waals surface area contributed by atoms with Gasteiger partial charge in [0.05, 0.1) is 6.54 Å². The Balaban J connectivity index is 0.00000242. The highest BCUT2D eigenvalue weighted by molar-refractivity contribution is 5.85. The average molecular weight is 327 g/mol. The first kappa shape index (κ1) is 18.9. The van der Waals surface area contributed by atoms with Crippen LogP contribution in [-0.4, -0.2) is 53.6 Å². The molecule has 1 aliphatic rings. The molecule has 1 saturated heterocycles. The van der Waals surface area contributed by atoms with E-state index >= 15 is 0 Å². The van der Waals surface area contributed by atoms with Crippen LogP contribution >= 0.6 is 12.4 Å². The van der Waals surface area contributed by atoms with Crippen molar-refractivity contribution < 1.29 is 9.90 Å². The molecule has 1 heterocycles. The summed E-state index contributed by atoms with van der Waals surface area (Å²) in [6.07, 6.45) is 3.26. The van der Waals surface area contributed by atoms with Crippen LogP contribution in [0.25, 0.3) is 0 Å². The van der Waals surface area contributed by atoms with Crippen molar-refractivity contribution in [1.29, 1.82) is 0 Å². The summed E-state index contributed by atoms with van der Waals surface area (Å²) in [4.78, 5) is 15.3. The highest BCUT2D eigenvalue weighted by atomic mass is 35.5. The molecule has 0 bridgehead atoms. The number of likely N-dealkylation sites (N-methyl/N-ethyl adjacent to an activating group) is 1. The van der Waals surface area contributed by atoms with Crippen molar-refractivity contribution in [2.24, 2.45) is 0 Å². The standard InChI is InChI=1S/C17H26N2O2.ClH/c1-14(15-7-4-3-5-8-15)19-11-6-9-16(10-12-19)18(2)13-17(20)21;/h3-5,7-8,14,16H,6,9-13H2,1-2H3,(H,20,21);1H. The van der Waals surface area contributed by atoms with Gasteiger partial charge in [-0.25, -0.2) is 0 Å². The molecule has 0 aliphatic carbocycles. The Morgan fingerprint density at radius 3 is 2.64 bits per heavy atom. The number of benzene rings is 1. The zero-order valence-electron chi connectivity index (χ0n) is 13.4. The lowest BCUT2D eigenvalue weighted by molar-refractivity contribution is -0.138. The number of aliphatic carboxylic acids is 1. The van der Waals surface area contributed by atoms with Gasteiger partial charge in [-0.15, -0.1) is 12.4 Å². The first-order valence-electron chi connectivity index (χ1n) is 7.79. The topological polar surface area (TPSA) is 43.8 Å². The van der Waals surface area contributed by atoms with Crippen molar-refractivity contribution in [3.05, 3.63) is 35.9 Å². The molecule has 0 saturated carbocycles. The van der Waals surface area contributed by atoms with E-state index in [0.717, 1.165) is 32.4 Å². The SMILES string of the molecule is CC(c1ccccc1)N1CCCC(N(C)CC(=O)O)CC1.Cl. The van der Waals surface area contributed by atoms with Crippen LogP contribution in [0.15, 0.2) is 30.3 Å². The minimum atomic E-state index is -0.740. The monoisotopic (exact) mass is 326 g/mol. The Hall–Kier alpha value is -1.10. The number of likely N-dealkylation sites (tertiary alicyclic amines) is 1. The maximum atomic E-state index is 10.8. The van der Waals surface area contributed by atoms with Gasteiger partial charge in [-0.05, 0) is 45.3 Å². The number of hydrogen-bond acceptors (Lipinski definition) is 3. The van der Waals surface area contributed by atoms with Gasteiger partial charge in [0.1, 0.15) is 0 Å². The number of carboxylic acid groups (broad SMARTS) is 1. The molecule has 1 fully saturated rings. The molecule has 2 unspecified atom stereocenters. The van der Waals surface area contributed by atoms with Crippen molar-refractivity contribution in [3.63, 3.8) is 0 Å². The van der Waals surface area contributed by atoms with Gasteiger partial charge >= 0.3 is 5.97 Å². The molecule has 0 aromatic heterocycles. The molecular formula is C17H27ClN2O2. The first-order chi connectivity index (χ1) is 10.1. The predicted octanol–water partition coefficient (Wildman–Crippen LogP) is 3.04. The van der Waals surface area contributed by atoms with Gasteiger partial charge < -0.3 is 5.11 Å². The third-order valence-electron chi connectivity index (χ3n) is 4.57. The second kappa shape index (κ2) is 9.13. The van der Waals surface area contributed by atoms with Crippen molar-refractivity contribution in [3.8, 4) is 0 Å². The summed E-state index contributed by atoms with van der Waals surface area (Å²) in [5.41, 5.74) is 1.36. The molecule has 2 rings (SSSR count). The summed E-state index contributed by atoms with van der Waals surface area (Å²) >= 11 is 0. The molecule has 2 atom stereocenters. The molecule has 0 radical (unpaired) electrons. The molecule has 4 nitrogen and oxygen atoms in total. The summed E-state index contributed by atoms with van der Waals surface area (Å²) in [7, 11) is 1.93. The van der Waals surface area contributed by atoms with Crippen molar-refractivity contribution in [1.82, 2.24) is 9.80 Å². The van der Waals surface area contributed by atoms with Crippen LogP contribution in [-0.2, 0) is 4.79 Å². The van der Waals surface area contributed by atoms with E-state index < -0.39 is 5.97 Å². The van der Waals surface area contributed by atoms with Crippen molar-refractivity contribution >= 4 is 18.4 Å². The first-order valence-corrected chi connectivity index (χ1v) is 7.79. The maximum Gasteiger partial charge on any atom is 0.317 e. The number of carbonyl (C=O) groups is 1. The fourth-order valence-corrected chi connectivity index (χ4v) is 3.21. The van der Waals surface area contributed by atoms with E-state index in [9.17, 15) is 4.79 Å². The summed E-state index contributed by atoms with van der Waals surface area (Å²) in [6.45, 7) is 4.52. The molecule has 0 spiro atoms. The number of rotatable bonds is 5. The molecule has 124 valence electrons. The van der Waals surface area contributed by atoms with Gasteiger partial charge in [0, 0.05) is 18.6 Å². The smallest absolute Gasteiger partial charge is 0.317 e. The summed E-state index contributed by atoms with van der Waals surface area (Å²) in [6, 6.07) is 11.4. The number of hydrogen-bond donors (Lipinski definition) is 1. The minimum Gasteiger partial charge on any atom is -0.480 e. The minimum absolute atomic E-state index is 0. The van der Waals surface area contributed by atoms with Crippen molar-refractivity contribution in [2.75, 3.05) is 26.7 Å². The van der Waals surface area contributed by atoms with E-state index in [1.54, 1.807) is 0 Å². The lowest BCUT2D eigenvalue weighted by Crippen LogP contribution is -2.36. The number of halogens is 1. The van der Waals surface area contributed by atoms with Crippen LogP contribution in [0.5, 0.6) is 0 Å². The highest BCUT2D eigenvalue weighted by Crippen LogP contribution is 2.24. The van der Waals surface area contributed by atoms with E-state index in [-0.39, 0.29) is 19.0 Å². The van der Waals surface area contributed by atoms with Crippen LogP contribution in [0.1, 0.15) is 37.8 Å². The van der Waals surface area contributed by atoms with Gasteiger partial charge in [0.15, 0.2) is 0 Å². The maximum absolute atomic E-state index is 10.8. The van der Waals surface area contributed by atoms with Gasteiger partial charge in [-0.3, -0.25) is 14.6 Å². The van der Waals surface area contributed by atoms with Gasteiger partial charge in [0.2, 0.25) is 0 Å². The fraction of sp³-hybridized carbons (Fsp3) is 0.588. The number of carboxylic acids is 1. The van der Waals surface area contributed by atoms with Crippen molar-refractivity contribution in [2.45, 2.75) is 38.3 Å². The van der Waals surface area contributed by atoms with E-state index in [2.05, 4.69) is 42.2 Å². The fourth-order valence-electron chi connectivity index (χ4n) is 3.21. The third-order valence-corrected chi connectivity index (χ3v) is 4.57. The van der Waals surface area contributed by atoms with E-state index in [1.807, 2.05) is 11.9 Å². The predicted molar refractivity (Wildman–Crippen MR) is 91.6 cm³/mol. The summed E-state index contributed by atoms with van der Waals surface area (Å²) < 4.78 is 0. The van der Waals surface area contributed by atoms with Gasteiger partial charge in [0.25, 0.3) is 0 Å². The molecule has 22 heavy (non-hydrogen) atoms. The highest BCUT2D eigenvalue weighted by Gasteiger charge is 2.24. The molecule has 1 aliphatic heterocycles. The van der Waals surface area contributed by atoms with E-state index in [0.29, 0.717) is 12.1 Å². The molecular weight excluding hydrogens is 300 g/mol. The zero-order chi connectivity index (χ0) is 15.2. The Bertz CT molecular complexity index is 455. The second-order valence-corrected chi connectivity index (χ2v) is 6.02. The summed E-state index contributed by atoms with van der Waals surface area (Å²) in [5, 5.41) is 8.92. The normalized spacial score (nSPS) is 21.0. The Kier molecular flexibility index (Phi) is 7.87. The van der Waals surface area contributed by atoms with Crippen LogP contribution in [0.3, 0.4) is 0 Å². The van der Waals surface area contributed by atoms with Crippen LogP contribution in [0, 0.1) is 0 Å².